The fraction of sp³-hybridized carbons (Fsp3) is 0.400. The second-order valence-electron chi connectivity index (χ2n) is 10.1. The molecule has 3 saturated heterocycles. The first kappa shape index (κ1) is 22.3. The Labute approximate surface area is 207 Å². The molecule has 0 saturated carbocycles. The van der Waals surface area contributed by atoms with Crippen LogP contribution in [0.3, 0.4) is 0 Å². The Morgan fingerprint density at radius 3 is 2.74 bits per heavy atom. The van der Waals surface area contributed by atoms with Crippen LogP contribution in [0.25, 0.3) is 21.8 Å². The maximum Gasteiger partial charge on any atom is 0.214 e. The van der Waals surface area contributed by atoms with Crippen molar-refractivity contribution < 1.29 is 9.47 Å². The Morgan fingerprint density at radius 1 is 1.06 bits per heavy atom. The molecule has 3 aliphatic rings. The number of pyridine rings is 2. The molecule has 2 bridgehead atoms. The summed E-state index contributed by atoms with van der Waals surface area (Å²) in [5.41, 5.74) is 4.27. The zero-order valence-corrected chi connectivity index (χ0v) is 20.8. The number of aryl methyl sites for hydroxylation is 1. The van der Waals surface area contributed by atoms with Crippen molar-refractivity contribution in [3.63, 3.8) is 0 Å². The van der Waals surface area contributed by atoms with E-state index < -0.39 is 0 Å². The van der Waals surface area contributed by atoms with Gasteiger partial charge in [0.15, 0.2) is 0 Å². The summed E-state index contributed by atoms with van der Waals surface area (Å²) in [6.45, 7) is 6.76. The van der Waals surface area contributed by atoms with E-state index in [4.69, 9.17) is 14.5 Å². The van der Waals surface area contributed by atoms with E-state index in [0.29, 0.717) is 11.9 Å². The largest absolute Gasteiger partial charge is 0.497 e. The molecule has 5 heterocycles. The van der Waals surface area contributed by atoms with Gasteiger partial charge in [-0.15, -0.1) is 0 Å². The highest BCUT2D eigenvalue weighted by molar-refractivity contribution is 5.84. The maximum atomic E-state index is 6.91. The minimum Gasteiger partial charge on any atom is -0.497 e. The van der Waals surface area contributed by atoms with Crippen molar-refractivity contribution in [1.82, 2.24) is 14.9 Å². The van der Waals surface area contributed by atoms with Gasteiger partial charge in [0.2, 0.25) is 5.88 Å². The van der Waals surface area contributed by atoms with Crippen LogP contribution in [0.5, 0.6) is 11.6 Å². The van der Waals surface area contributed by atoms with Gasteiger partial charge in [-0.2, -0.15) is 0 Å². The minimum absolute atomic E-state index is 0.138. The Hall–Kier alpha value is -3.18. The van der Waals surface area contributed by atoms with Gasteiger partial charge in [0, 0.05) is 35.1 Å². The summed E-state index contributed by atoms with van der Waals surface area (Å²) in [5, 5.41) is 2.26. The molecule has 180 valence electrons. The average Bonchev–Trinajstić information content (AvgIpc) is 2.91. The van der Waals surface area contributed by atoms with E-state index in [1.54, 1.807) is 7.11 Å². The van der Waals surface area contributed by atoms with Gasteiger partial charge in [0.1, 0.15) is 11.9 Å². The third kappa shape index (κ3) is 4.02. The van der Waals surface area contributed by atoms with E-state index >= 15 is 0 Å². The second-order valence-corrected chi connectivity index (χ2v) is 10.1. The molecule has 3 aliphatic heterocycles. The van der Waals surface area contributed by atoms with Crippen LogP contribution in [0.4, 0.5) is 0 Å². The van der Waals surface area contributed by atoms with Gasteiger partial charge in [-0.1, -0.05) is 31.5 Å². The first-order chi connectivity index (χ1) is 17.1. The Kier molecular flexibility index (Phi) is 5.81. The summed E-state index contributed by atoms with van der Waals surface area (Å²) in [6.07, 6.45) is 5.47. The van der Waals surface area contributed by atoms with E-state index in [1.807, 2.05) is 24.4 Å². The van der Waals surface area contributed by atoms with Gasteiger partial charge in [-0.3, -0.25) is 9.88 Å². The number of rotatable bonds is 6. The zero-order chi connectivity index (χ0) is 23.9. The molecule has 5 nitrogen and oxygen atoms in total. The molecule has 0 spiro atoms. The van der Waals surface area contributed by atoms with Gasteiger partial charge in [-0.05, 0) is 74.0 Å². The number of ether oxygens (including phenoxy) is 2. The van der Waals surface area contributed by atoms with Gasteiger partial charge in [0.25, 0.3) is 0 Å². The number of hydrogen-bond acceptors (Lipinski definition) is 5. The molecular weight excluding hydrogens is 434 g/mol. The molecule has 0 aliphatic carbocycles. The van der Waals surface area contributed by atoms with Gasteiger partial charge in [0.05, 0.1) is 24.2 Å². The Bertz CT molecular complexity index is 1370. The standard InChI is InChI=1S/C30H33N3O2/c1-4-20-18-33-14-12-21(20)16-28(33)30(24-11-13-31-26-10-9-22(34-3)17-25(24)26)35-29-15-19(2)23-7-5-6-8-27(23)32-29/h5-11,13,15,17,20-21,28,30H,4,12,14,16,18H2,1-3H3/t20-,21+,28+,30+/m0/s1. The molecule has 35 heavy (non-hydrogen) atoms. The highest BCUT2D eigenvalue weighted by Gasteiger charge is 2.44. The molecule has 1 unspecified atom stereocenters. The predicted molar refractivity (Wildman–Crippen MR) is 140 cm³/mol. The summed E-state index contributed by atoms with van der Waals surface area (Å²) in [6, 6.07) is 18.9. The van der Waals surface area contributed by atoms with E-state index in [1.165, 1.54) is 23.8 Å². The summed E-state index contributed by atoms with van der Waals surface area (Å²) < 4.78 is 12.5. The van der Waals surface area contributed by atoms with Crippen LogP contribution in [0.2, 0.25) is 0 Å². The average molecular weight is 468 g/mol. The first-order valence-electron chi connectivity index (χ1n) is 12.8. The van der Waals surface area contributed by atoms with Crippen LogP contribution in [-0.2, 0) is 0 Å². The van der Waals surface area contributed by atoms with Crippen molar-refractivity contribution in [1.29, 1.82) is 0 Å². The SMILES string of the molecule is CC[C@H]1CN2CC[C@@H]1C[C@@H]2[C@H](Oc1cc(C)c2ccccc2n1)c1ccnc2ccc(OC)cc12. The van der Waals surface area contributed by atoms with E-state index in [2.05, 4.69) is 60.1 Å². The number of nitrogens with zero attached hydrogens (tertiary/aromatic N) is 3. The molecule has 0 amide bonds. The highest BCUT2D eigenvalue weighted by Crippen LogP contribution is 2.44. The number of methoxy groups -OCH3 is 1. The lowest BCUT2D eigenvalue weighted by atomic mass is 9.72. The third-order valence-electron chi connectivity index (χ3n) is 8.25. The van der Waals surface area contributed by atoms with Crippen LogP contribution >= 0.6 is 0 Å². The number of hydrogen-bond donors (Lipinski definition) is 0. The lowest BCUT2D eigenvalue weighted by Gasteiger charge is -2.51. The molecule has 4 aromatic rings. The Morgan fingerprint density at radius 2 is 1.94 bits per heavy atom. The lowest BCUT2D eigenvalue weighted by molar-refractivity contribution is -0.0492. The lowest BCUT2D eigenvalue weighted by Crippen LogP contribution is -2.56. The van der Waals surface area contributed by atoms with Crippen molar-refractivity contribution in [2.75, 3.05) is 20.2 Å². The minimum atomic E-state index is -0.138. The van der Waals surface area contributed by atoms with Gasteiger partial charge in [-0.25, -0.2) is 4.98 Å². The highest BCUT2D eigenvalue weighted by atomic mass is 16.5. The number of para-hydroxylation sites is 1. The molecule has 2 aromatic carbocycles. The van der Waals surface area contributed by atoms with Crippen LogP contribution in [0.1, 0.15) is 43.4 Å². The summed E-state index contributed by atoms with van der Waals surface area (Å²) in [7, 11) is 1.71. The van der Waals surface area contributed by atoms with E-state index in [-0.39, 0.29) is 6.10 Å². The maximum absolute atomic E-state index is 6.91. The molecule has 3 fully saturated rings. The smallest absolute Gasteiger partial charge is 0.214 e. The fourth-order valence-electron chi connectivity index (χ4n) is 6.34. The molecule has 2 aromatic heterocycles. The predicted octanol–water partition coefficient (Wildman–Crippen LogP) is 6.34. The Balaban J connectivity index is 1.46. The topological polar surface area (TPSA) is 47.5 Å². The third-order valence-corrected chi connectivity index (χ3v) is 8.25. The first-order valence-corrected chi connectivity index (χ1v) is 12.8. The molecule has 7 rings (SSSR count). The number of aromatic nitrogens is 2. The van der Waals surface area contributed by atoms with Crippen molar-refractivity contribution in [2.24, 2.45) is 11.8 Å². The van der Waals surface area contributed by atoms with Gasteiger partial charge < -0.3 is 9.47 Å². The molecule has 5 atom stereocenters. The van der Waals surface area contributed by atoms with E-state index in [0.717, 1.165) is 59.1 Å². The summed E-state index contributed by atoms with van der Waals surface area (Å²) >= 11 is 0. The van der Waals surface area contributed by atoms with Gasteiger partial charge >= 0.3 is 0 Å². The normalized spacial score (nSPS) is 24.5. The molecular formula is C30H33N3O2. The van der Waals surface area contributed by atoms with E-state index in [9.17, 15) is 0 Å². The van der Waals surface area contributed by atoms with Crippen LogP contribution in [0, 0.1) is 18.8 Å². The van der Waals surface area contributed by atoms with Crippen molar-refractivity contribution in [3.8, 4) is 11.6 Å². The van der Waals surface area contributed by atoms with Crippen LogP contribution in [-0.4, -0.2) is 41.1 Å². The summed E-state index contributed by atoms with van der Waals surface area (Å²) in [5.74, 6) is 3.07. The zero-order valence-electron chi connectivity index (χ0n) is 20.8. The number of benzene rings is 2. The van der Waals surface area contributed by atoms with Crippen molar-refractivity contribution >= 4 is 21.8 Å². The number of fused-ring (bicyclic) bond motifs is 5. The molecule has 5 heteroatoms. The fourth-order valence-corrected chi connectivity index (χ4v) is 6.34. The van der Waals surface area contributed by atoms with Crippen molar-refractivity contribution in [3.05, 3.63) is 71.9 Å². The van der Waals surface area contributed by atoms with Crippen molar-refractivity contribution in [2.45, 2.75) is 45.3 Å². The second kappa shape index (κ2) is 9.12. The van der Waals surface area contributed by atoms with Crippen LogP contribution in [0.15, 0.2) is 60.8 Å². The monoisotopic (exact) mass is 467 g/mol. The summed E-state index contributed by atoms with van der Waals surface area (Å²) in [4.78, 5) is 12.2. The van der Waals surface area contributed by atoms with Crippen LogP contribution < -0.4 is 9.47 Å². The molecule has 0 radical (unpaired) electrons. The molecule has 0 N–H and O–H groups in total. The number of piperidine rings is 3. The quantitative estimate of drug-likeness (QED) is 0.331.